The maximum absolute atomic E-state index is 12.6. The summed E-state index contributed by atoms with van der Waals surface area (Å²) in [6.45, 7) is 0. The second-order valence-corrected chi connectivity index (χ2v) is 5.12. The number of hydrogen-bond donors (Lipinski definition) is 1. The molecule has 0 aliphatic rings. The Labute approximate surface area is 137 Å². The maximum atomic E-state index is 12.6. The van der Waals surface area contributed by atoms with Crippen molar-refractivity contribution >= 4 is 16.7 Å². The lowest BCUT2D eigenvalue weighted by Crippen LogP contribution is -2.19. The third-order valence-corrected chi connectivity index (χ3v) is 3.67. The monoisotopic (exact) mass is 319 g/mol. The molecule has 0 aliphatic carbocycles. The largest absolute Gasteiger partial charge is 0.497 e. The number of nitrogens with zero attached hydrogens (tertiary/aromatic N) is 2. The van der Waals surface area contributed by atoms with E-state index in [0.29, 0.717) is 22.2 Å². The SMILES string of the molecule is COc1ccc(C(=O)C(C#N)c2nc3ccccc3c(=O)[nH]2)cc1. The smallest absolute Gasteiger partial charge is 0.258 e. The van der Waals surface area contributed by atoms with Gasteiger partial charge in [0.05, 0.1) is 24.1 Å². The minimum Gasteiger partial charge on any atom is -0.497 e. The number of hydrogen-bond acceptors (Lipinski definition) is 5. The highest BCUT2D eigenvalue weighted by molar-refractivity contribution is 6.02. The van der Waals surface area contributed by atoms with Crippen LogP contribution in [0.5, 0.6) is 5.75 Å². The molecule has 2 aromatic carbocycles. The lowest BCUT2D eigenvalue weighted by atomic mass is 9.98. The summed E-state index contributed by atoms with van der Waals surface area (Å²) in [4.78, 5) is 31.5. The number of ketones is 1. The Balaban J connectivity index is 2.03. The van der Waals surface area contributed by atoms with Crippen molar-refractivity contribution in [2.45, 2.75) is 5.92 Å². The number of aromatic nitrogens is 2. The molecular formula is C18H13N3O3. The highest BCUT2D eigenvalue weighted by Gasteiger charge is 2.24. The van der Waals surface area contributed by atoms with Gasteiger partial charge >= 0.3 is 0 Å². The van der Waals surface area contributed by atoms with Gasteiger partial charge in [-0.15, -0.1) is 0 Å². The Hall–Kier alpha value is -3.46. The van der Waals surface area contributed by atoms with Crippen molar-refractivity contribution in [3.8, 4) is 11.8 Å². The molecule has 0 saturated carbocycles. The summed E-state index contributed by atoms with van der Waals surface area (Å²) in [6, 6.07) is 15.1. The minimum absolute atomic E-state index is 0.0435. The van der Waals surface area contributed by atoms with Crippen LogP contribution in [0.2, 0.25) is 0 Å². The van der Waals surface area contributed by atoms with Gasteiger partial charge in [-0.05, 0) is 36.4 Å². The molecule has 0 radical (unpaired) electrons. The summed E-state index contributed by atoms with van der Waals surface area (Å²) in [7, 11) is 1.53. The summed E-state index contributed by atoms with van der Waals surface area (Å²) >= 11 is 0. The normalized spacial score (nSPS) is 11.7. The van der Waals surface area contributed by atoms with E-state index in [2.05, 4.69) is 9.97 Å². The number of H-pyrrole nitrogens is 1. The molecule has 1 unspecified atom stereocenters. The van der Waals surface area contributed by atoms with Crippen molar-refractivity contribution in [3.05, 3.63) is 70.3 Å². The van der Waals surface area contributed by atoms with E-state index in [1.54, 1.807) is 48.5 Å². The van der Waals surface area contributed by atoms with Gasteiger partial charge < -0.3 is 9.72 Å². The van der Waals surface area contributed by atoms with Gasteiger partial charge in [0.15, 0.2) is 11.7 Å². The maximum Gasteiger partial charge on any atom is 0.258 e. The van der Waals surface area contributed by atoms with Crippen LogP contribution in [0.4, 0.5) is 0 Å². The van der Waals surface area contributed by atoms with Crippen molar-refractivity contribution < 1.29 is 9.53 Å². The average molecular weight is 319 g/mol. The van der Waals surface area contributed by atoms with Crippen molar-refractivity contribution in [1.29, 1.82) is 5.26 Å². The predicted molar refractivity (Wildman–Crippen MR) is 88.0 cm³/mol. The van der Waals surface area contributed by atoms with Gasteiger partial charge in [-0.1, -0.05) is 12.1 Å². The van der Waals surface area contributed by atoms with Gasteiger partial charge in [-0.25, -0.2) is 4.98 Å². The molecule has 0 fully saturated rings. The summed E-state index contributed by atoms with van der Waals surface area (Å²) in [5.74, 6) is -0.964. The molecule has 0 amide bonds. The van der Waals surface area contributed by atoms with Crippen molar-refractivity contribution in [2.75, 3.05) is 7.11 Å². The fraction of sp³-hybridized carbons (Fsp3) is 0.111. The van der Waals surface area contributed by atoms with Gasteiger partial charge in [0.2, 0.25) is 0 Å². The Morgan fingerprint density at radius 1 is 1.21 bits per heavy atom. The topological polar surface area (TPSA) is 95.8 Å². The molecular weight excluding hydrogens is 306 g/mol. The first kappa shape index (κ1) is 15.4. The summed E-state index contributed by atoms with van der Waals surface area (Å²) < 4.78 is 5.05. The van der Waals surface area contributed by atoms with Crippen LogP contribution in [0, 0.1) is 11.3 Å². The van der Waals surface area contributed by atoms with Crippen molar-refractivity contribution in [2.24, 2.45) is 0 Å². The Bertz CT molecular complexity index is 1000. The third-order valence-electron chi connectivity index (χ3n) is 3.67. The lowest BCUT2D eigenvalue weighted by Gasteiger charge is -2.09. The van der Waals surface area contributed by atoms with E-state index in [1.807, 2.05) is 6.07 Å². The molecule has 1 aromatic heterocycles. The second-order valence-electron chi connectivity index (χ2n) is 5.12. The highest BCUT2D eigenvalue weighted by atomic mass is 16.5. The number of aromatic amines is 1. The van der Waals surface area contributed by atoms with Gasteiger partial charge in [0, 0.05) is 5.56 Å². The molecule has 0 aliphatic heterocycles. The molecule has 0 spiro atoms. The number of methoxy groups -OCH3 is 1. The van der Waals surface area contributed by atoms with Crippen LogP contribution in [-0.2, 0) is 0 Å². The average Bonchev–Trinajstić information content (AvgIpc) is 2.62. The quantitative estimate of drug-likeness (QED) is 0.745. The fourth-order valence-corrected chi connectivity index (χ4v) is 2.41. The number of ether oxygens (including phenoxy) is 1. The number of carbonyl (C=O) groups excluding carboxylic acids is 1. The third kappa shape index (κ3) is 2.75. The molecule has 0 bridgehead atoms. The number of fused-ring (bicyclic) bond motifs is 1. The van der Waals surface area contributed by atoms with Crippen molar-refractivity contribution in [1.82, 2.24) is 9.97 Å². The first-order valence-electron chi connectivity index (χ1n) is 7.21. The molecule has 1 heterocycles. The van der Waals surface area contributed by atoms with Crippen LogP contribution in [0.1, 0.15) is 22.1 Å². The van der Waals surface area contributed by atoms with Gasteiger partial charge in [-0.2, -0.15) is 5.26 Å². The van der Waals surface area contributed by atoms with Crippen LogP contribution in [0.3, 0.4) is 0 Å². The van der Waals surface area contributed by atoms with Gasteiger partial charge in [0.25, 0.3) is 5.56 Å². The van der Waals surface area contributed by atoms with Crippen LogP contribution >= 0.6 is 0 Å². The van der Waals surface area contributed by atoms with E-state index < -0.39 is 11.7 Å². The summed E-state index contributed by atoms with van der Waals surface area (Å²) in [6.07, 6.45) is 0. The number of rotatable bonds is 4. The molecule has 1 N–H and O–H groups in total. The van der Waals surface area contributed by atoms with E-state index in [-0.39, 0.29) is 11.4 Å². The lowest BCUT2D eigenvalue weighted by molar-refractivity contribution is 0.0976. The van der Waals surface area contributed by atoms with E-state index in [0.717, 1.165) is 0 Å². The second kappa shape index (κ2) is 6.34. The molecule has 3 rings (SSSR count). The highest BCUT2D eigenvalue weighted by Crippen LogP contribution is 2.20. The number of para-hydroxylation sites is 1. The number of carbonyl (C=O) groups is 1. The number of nitriles is 1. The van der Waals surface area contributed by atoms with E-state index in [1.165, 1.54) is 7.11 Å². The molecule has 24 heavy (non-hydrogen) atoms. The first-order valence-corrected chi connectivity index (χ1v) is 7.21. The van der Waals surface area contributed by atoms with Crippen LogP contribution < -0.4 is 10.3 Å². The zero-order chi connectivity index (χ0) is 17.1. The number of Topliss-reactive ketones (excluding diaryl/α,β-unsaturated/α-hetero) is 1. The van der Waals surface area contributed by atoms with Crippen LogP contribution in [0.25, 0.3) is 10.9 Å². The zero-order valence-corrected chi connectivity index (χ0v) is 12.8. The summed E-state index contributed by atoms with van der Waals surface area (Å²) in [5.41, 5.74) is 0.413. The standard InChI is InChI=1S/C18H13N3O3/c1-24-12-8-6-11(7-9-12)16(22)14(10-19)17-20-15-5-3-2-4-13(15)18(23)21-17/h2-9,14H,1H3,(H,20,21,23). The van der Waals surface area contributed by atoms with Crippen LogP contribution in [0.15, 0.2) is 53.3 Å². The molecule has 0 saturated heterocycles. The molecule has 1 atom stereocenters. The summed E-state index contributed by atoms with van der Waals surface area (Å²) in [5, 5.41) is 9.83. The number of nitrogens with one attached hydrogen (secondary N) is 1. The number of benzene rings is 2. The van der Waals surface area contributed by atoms with E-state index in [9.17, 15) is 14.9 Å². The molecule has 118 valence electrons. The van der Waals surface area contributed by atoms with Crippen LogP contribution in [-0.4, -0.2) is 22.9 Å². The van der Waals surface area contributed by atoms with E-state index >= 15 is 0 Å². The first-order chi connectivity index (χ1) is 11.6. The zero-order valence-electron chi connectivity index (χ0n) is 12.8. The molecule has 6 heteroatoms. The molecule has 3 aromatic rings. The Morgan fingerprint density at radius 3 is 2.58 bits per heavy atom. The Morgan fingerprint density at radius 2 is 1.92 bits per heavy atom. The molecule has 6 nitrogen and oxygen atoms in total. The Kier molecular flexibility index (Phi) is 4.08. The van der Waals surface area contributed by atoms with Gasteiger partial charge in [-0.3, -0.25) is 9.59 Å². The van der Waals surface area contributed by atoms with E-state index in [4.69, 9.17) is 4.74 Å². The van der Waals surface area contributed by atoms with Gasteiger partial charge in [0.1, 0.15) is 11.6 Å². The predicted octanol–water partition coefficient (Wildman–Crippen LogP) is 2.42. The minimum atomic E-state index is -1.18. The fourth-order valence-electron chi connectivity index (χ4n) is 2.41. The van der Waals surface area contributed by atoms with Crippen molar-refractivity contribution in [3.63, 3.8) is 0 Å².